The van der Waals surface area contributed by atoms with Crippen molar-refractivity contribution in [2.45, 2.75) is 62.8 Å². The minimum Gasteiger partial charge on any atom is -0.347 e. The zero-order chi connectivity index (χ0) is 10.1. The monoisotopic (exact) mass is 211 g/mol. The van der Waals surface area contributed by atoms with Gasteiger partial charge >= 0.3 is 0 Å². The smallest absolute Gasteiger partial charge is 0.170 e. The van der Waals surface area contributed by atoms with Crippen molar-refractivity contribution in [3.05, 3.63) is 0 Å². The lowest BCUT2D eigenvalue weighted by atomic mass is 10.1. The van der Waals surface area contributed by atoms with Gasteiger partial charge in [0.1, 0.15) is 0 Å². The van der Waals surface area contributed by atoms with Crippen molar-refractivity contribution in [3.63, 3.8) is 0 Å². The fraction of sp³-hybridized carbons (Fsp3) is 1.00. The SMILES string of the molecule is C1CCC(NC2CCC3(C2)OCCO3)C1. The maximum atomic E-state index is 5.73. The molecule has 3 heteroatoms. The van der Waals surface area contributed by atoms with Crippen LogP contribution in [-0.2, 0) is 9.47 Å². The molecule has 0 aromatic carbocycles. The summed E-state index contributed by atoms with van der Waals surface area (Å²) in [6.07, 6.45) is 8.90. The molecule has 1 saturated heterocycles. The van der Waals surface area contributed by atoms with Gasteiger partial charge in [0.15, 0.2) is 5.79 Å². The molecule has 0 radical (unpaired) electrons. The maximum absolute atomic E-state index is 5.73. The number of rotatable bonds is 2. The number of ether oxygens (including phenoxy) is 2. The lowest BCUT2D eigenvalue weighted by molar-refractivity contribution is -0.151. The Kier molecular flexibility index (Phi) is 2.71. The third-order valence-electron chi connectivity index (χ3n) is 4.07. The van der Waals surface area contributed by atoms with Crippen molar-refractivity contribution >= 4 is 0 Å². The van der Waals surface area contributed by atoms with Gasteiger partial charge in [0.05, 0.1) is 13.2 Å². The van der Waals surface area contributed by atoms with E-state index in [1.807, 2.05) is 0 Å². The third-order valence-corrected chi connectivity index (χ3v) is 4.07. The van der Waals surface area contributed by atoms with Crippen LogP contribution in [-0.4, -0.2) is 31.1 Å². The molecule has 0 aromatic heterocycles. The van der Waals surface area contributed by atoms with E-state index in [2.05, 4.69) is 5.32 Å². The Morgan fingerprint density at radius 1 is 0.933 bits per heavy atom. The fourth-order valence-corrected chi connectivity index (χ4v) is 3.30. The standard InChI is InChI=1S/C12H21NO2/c1-2-4-10(3-1)13-11-5-6-12(9-11)14-7-8-15-12/h10-11,13H,1-9H2. The van der Waals surface area contributed by atoms with Gasteiger partial charge in [0.25, 0.3) is 0 Å². The van der Waals surface area contributed by atoms with Gasteiger partial charge < -0.3 is 14.8 Å². The minimum atomic E-state index is -0.198. The van der Waals surface area contributed by atoms with Crippen LogP contribution in [0, 0.1) is 0 Å². The van der Waals surface area contributed by atoms with E-state index in [-0.39, 0.29) is 5.79 Å². The second kappa shape index (κ2) is 4.04. The van der Waals surface area contributed by atoms with Crippen LogP contribution in [0.5, 0.6) is 0 Å². The lowest BCUT2D eigenvalue weighted by Gasteiger charge is -2.23. The van der Waals surface area contributed by atoms with Crippen LogP contribution in [0.4, 0.5) is 0 Å². The Morgan fingerprint density at radius 3 is 2.40 bits per heavy atom. The van der Waals surface area contributed by atoms with Gasteiger partial charge in [-0.05, 0) is 19.3 Å². The van der Waals surface area contributed by atoms with Crippen molar-refractivity contribution in [1.82, 2.24) is 5.32 Å². The molecule has 1 N–H and O–H groups in total. The molecule has 0 bridgehead atoms. The van der Waals surface area contributed by atoms with E-state index < -0.39 is 0 Å². The van der Waals surface area contributed by atoms with E-state index in [1.54, 1.807) is 0 Å². The van der Waals surface area contributed by atoms with Crippen molar-refractivity contribution in [2.75, 3.05) is 13.2 Å². The number of nitrogens with one attached hydrogen (secondary N) is 1. The first kappa shape index (κ1) is 10.1. The Bertz CT molecular complexity index is 220. The average molecular weight is 211 g/mol. The predicted molar refractivity (Wildman–Crippen MR) is 57.7 cm³/mol. The Hall–Kier alpha value is -0.120. The van der Waals surface area contributed by atoms with E-state index in [9.17, 15) is 0 Å². The summed E-state index contributed by atoms with van der Waals surface area (Å²) in [6.45, 7) is 1.58. The first-order chi connectivity index (χ1) is 7.36. The normalized spacial score (nSPS) is 35.6. The van der Waals surface area contributed by atoms with Crippen molar-refractivity contribution < 1.29 is 9.47 Å². The molecular weight excluding hydrogens is 190 g/mol. The fourth-order valence-electron chi connectivity index (χ4n) is 3.30. The molecule has 86 valence electrons. The summed E-state index contributed by atoms with van der Waals surface area (Å²) in [6, 6.07) is 1.40. The average Bonchev–Trinajstić information content (AvgIpc) is 2.92. The van der Waals surface area contributed by atoms with Crippen LogP contribution in [0.25, 0.3) is 0 Å². The molecule has 1 unspecified atom stereocenters. The van der Waals surface area contributed by atoms with E-state index in [1.165, 1.54) is 32.1 Å². The van der Waals surface area contributed by atoms with Crippen LogP contribution in [0.15, 0.2) is 0 Å². The van der Waals surface area contributed by atoms with E-state index in [0.717, 1.165) is 32.1 Å². The summed E-state index contributed by atoms with van der Waals surface area (Å²) in [5.74, 6) is -0.198. The van der Waals surface area contributed by atoms with Crippen LogP contribution in [0.2, 0.25) is 0 Å². The van der Waals surface area contributed by atoms with Gasteiger partial charge in [-0.25, -0.2) is 0 Å². The molecule has 2 aliphatic carbocycles. The topological polar surface area (TPSA) is 30.5 Å². The molecule has 1 heterocycles. The second-order valence-electron chi connectivity index (χ2n) is 5.20. The quantitative estimate of drug-likeness (QED) is 0.755. The molecule has 0 amide bonds. The summed E-state index contributed by atoms with van der Waals surface area (Å²) in [5, 5.41) is 3.77. The zero-order valence-corrected chi connectivity index (χ0v) is 9.34. The van der Waals surface area contributed by atoms with Gasteiger partial charge in [-0.15, -0.1) is 0 Å². The van der Waals surface area contributed by atoms with Gasteiger partial charge in [0, 0.05) is 24.9 Å². The molecule has 15 heavy (non-hydrogen) atoms. The van der Waals surface area contributed by atoms with E-state index in [4.69, 9.17) is 9.47 Å². The van der Waals surface area contributed by atoms with Gasteiger partial charge in [0.2, 0.25) is 0 Å². The van der Waals surface area contributed by atoms with Gasteiger partial charge in [-0.1, -0.05) is 12.8 Å². The Morgan fingerprint density at radius 2 is 1.67 bits per heavy atom. The molecule has 3 fully saturated rings. The molecule has 0 aromatic rings. The summed E-state index contributed by atoms with van der Waals surface area (Å²) in [4.78, 5) is 0. The molecule has 3 aliphatic rings. The van der Waals surface area contributed by atoms with E-state index in [0.29, 0.717) is 6.04 Å². The molecule has 1 atom stereocenters. The van der Waals surface area contributed by atoms with Crippen LogP contribution < -0.4 is 5.32 Å². The number of hydrogen-bond donors (Lipinski definition) is 1. The van der Waals surface area contributed by atoms with Crippen molar-refractivity contribution in [3.8, 4) is 0 Å². The van der Waals surface area contributed by atoms with Crippen molar-refractivity contribution in [2.24, 2.45) is 0 Å². The Balaban J connectivity index is 1.52. The molecule has 3 rings (SSSR count). The molecule has 2 saturated carbocycles. The third kappa shape index (κ3) is 2.05. The van der Waals surface area contributed by atoms with Crippen LogP contribution in [0.3, 0.4) is 0 Å². The lowest BCUT2D eigenvalue weighted by Crippen LogP contribution is -2.37. The molecule has 1 aliphatic heterocycles. The highest BCUT2D eigenvalue weighted by molar-refractivity contribution is 4.91. The predicted octanol–water partition coefficient (Wildman–Crippen LogP) is 1.81. The van der Waals surface area contributed by atoms with Crippen LogP contribution >= 0.6 is 0 Å². The molecule has 3 nitrogen and oxygen atoms in total. The molecular formula is C12H21NO2. The minimum absolute atomic E-state index is 0.198. The summed E-state index contributed by atoms with van der Waals surface area (Å²) < 4.78 is 11.5. The first-order valence-electron chi connectivity index (χ1n) is 6.40. The van der Waals surface area contributed by atoms with Crippen LogP contribution in [0.1, 0.15) is 44.9 Å². The highest BCUT2D eigenvalue weighted by atomic mass is 16.7. The first-order valence-corrected chi connectivity index (χ1v) is 6.40. The zero-order valence-electron chi connectivity index (χ0n) is 9.34. The summed E-state index contributed by atoms with van der Waals surface area (Å²) in [7, 11) is 0. The van der Waals surface area contributed by atoms with Gasteiger partial charge in [-0.2, -0.15) is 0 Å². The van der Waals surface area contributed by atoms with Gasteiger partial charge in [-0.3, -0.25) is 0 Å². The van der Waals surface area contributed by atoms with E-state index >= 15 is 0 Å². The highest BCUT2D eigenvalue weighted by Crippen LogP contribution is 2.38. The largest absolute Gasteiger partial charge is 0.347 e. The Labute approximate surface area is 91.5 Å². The van der Waals surface area contributed by atoms with Crippen molar-refractivity contribution in [1.29, 1.82) is 0 Å². The molecule has 1 spiro atoms. The summed E-state index contributed by atoms with van der Waals surface area (Å²) >= 11 is 0. The maximum Gasteiger partial charge on any atom is 0.170 e. The summed E-state index contributed by atoms with van der Waals surface area (Å²) in [5.41, 5.74) is 0. The highest BCUT2D eigenvalue weighted by Gasteiger charge is 2.44. The second-order valence-corrected chi connectivity index (χ2v) is 5.20. The number of hydrogen-bond acceptors (Lipinski definition) is 3.